The summed E-state index contributed by atoms with van der Waals surface area (Å²) in [5, 5.41) is 3.00. The van der Waals surface area contributed by atoms with Crippen molar-refractivity contribution >= 4 is 5.91 Å². The van der Waals surface area contributed by atoms with Gasteiger partial charge in [0.25, 0.3) is 0 Å². The fourth-order valence-corrected chi connectivity index (χ4v) is 2.04. The van der Waals surface area contributed by atoms with Crippen molar-refractivity contribution in [3.63, 3.8) is 0 Å². The average molecular weight is 222 g/mol. The van der Waals surface area contributed by atoms with Crippen LogP contribution in [0.3, 0.4) is 0 Å². The summed E-state index contributed by atoms with van der Waals surface area (Å²) in [6.45, 7) is 7.47. The van der Waals surface area contributed by atoms with Gasteiger partial charge in [0.2, 0.25) is 5.91 Å². The van der Waals surface area contributed by atoms with Gasteiger partial charge in [-0.3, -0.25) is 9.69 Å². The minimum absolute atomic E-state index is 0.0744. The fraction of sp³-hybridized carbons (Fsp3) is 0.769. The van der Waals surface area contributed by atoms with E-state index < -0.39 is 0 Å². The second-order valence-electron chi connectivity index (χ2n) is 4.85. The average Bonchev–Trinajstić information content (AvgIpc) is 2.26. The topological polar surface area (TPSA) is 32.3 Å². The van der Waals surface area contributed by atoms with Gasteiger partial charge >= 0.3 is 0 Å². The Kier molecular flexibility index (Phi) is 5.34. The van der Waals surface area contributed by atoms with Gasteiger partial charge in [-0.15, -0.1) is 6.42 Å². The fourth-order valence-electron chi connectivity index (χ4n) is 2.04. The lowest BCUT2D eigenvalue weighted by molar-refractivity contribution is -0.124. The molecule has 1 heterocycles. The lowest BCUT2D eigenvalue weighted by Crippen LogP contribution is -2.41. The molecule has 0 aromatic rings. The lowest BCUT2D eigenvalue weighted by atomic mass is 9.98. The van der Waals surface area contributed by atoms with Gasteiger partial charge in [-0.2, -0.15) is 0 Å². The standard InChI is InChI=1S/C13H22N2O/c1-4-7-15-8-5-6-12(10-15)9-14-13(16)11(2)3/h1,11-12H,5-10H2,2-3H3,(H,14,16)/t12-/m0/s1. The van der Waals surface area contributed by atoms with E-state index in [9.17, 15) is 4.79 Å². The Morgan fingerprint density at radius 1 is 1.62 bits per heavy atom. The van der Waals surface area contributed by atoms with Crippen molar-refractivity contribution in [1.29, 1.82) is 0 Å². The highest BCUT2D eigenvalue weighted by molar-refractivity contribution is 5.77. The number of nitrogens with one attached hydrogen (secondary N) is 1. The maximum absolute atomic E-state index is 11.4. The molecule has 0 aromatic heterocycles. The Morgan fingerprint density at radius 3 is 3.00 bits per heavy atom. The van der Waals surface area contributed by atoms with E-state index in [0.29, 0.717) is 5.92 Å². The van der Waals surface area contributed by atoms with Crippen LogP contribution in [0.5, 0.6) is 0 Å². The number of hydrogen-bond acceptors (Lipinski definition) is 2. The highest BCUT2D eigenvalue weighted by Gasteiger charge is 2.19. The van der Waals surface area contributed by atoms with E-state index in [2.05, 4.69) is 16.1 Å². The smallest absolute Gasteiger partial charge is 0.222 e. The van der Waals surface area contributed by atoms with E-state index in [-0.39, 0.29) is 11.8 Å². The first kappa shape index (κ1) is 13.1. The third-order valence-electron chi connectivity index (χ3n) is 3.01. The summed E-state index contributed by atoms with van der Waals surface area (Å²) in [5.74, 6) is 3.46. The number of carbonyl (C=O) groups is 1. The monoisotopic (exact) mass is 222 g/mol. The Balaban J connectivity index is 2.27. The quantitative estimate of drug-likeness (QED) is 0.723. The van der Waals surface area contributed by atoms with Crippen LogP contribution in [0.15, 0.2) is 0 Å². The number of rotatable bonds is 4. The van der Waals surface area contributed by atoms with Crippen molar-refractivity contribution < 1.29 is 4.79 Å². The van der Waals surface area contributed by atoms with Crippen LogP contribution in [-0.4, -0.2) is 37.0 Å². The summed E-state index contributed by atoms with van der Waals surface area (Å²) in [6.07, 6.45) is 7.68. The normalized spacial score (nSPS) is 21.8. The molecule has 1 N–H and O–H groups in total. The van der Waals surface area contributed by atoms with Crippen LogP contribution in [0.25, 0.3) is 0 Å². The Labute approximate surface area is 98.6 Å². The van der Waals surface area contributed by atoms with E-state index in [4.69, 9.17) is 6.42 Å². The summed E-state index contributed by atoms with van der Waals surface area (Å²) < 4.78 is 0. The lowest BCUT2D eigenvalue weighted by Gasteiger charge is -2.31. The predicted molar refractivity (Wildman–Crippen MR) is 65.8 cm³/mol. The van der Waals surface area contributed by atoms with Gasteiger partial charge in [0.1, 0.15) is 0 Å². The van der Waals surface area contributed by atoms with Crippen molar-refractivity contribution in [1.82, 2.24) is 10.2 Å². The Morgan fingerprint density at radius 2 is 2.38 bits per heavy atom. The SMILES string of the molecule is C#CCN1CCC[C@@H](CNC(=O)C(C)C)C1. The molecule has 1 aliphatic heterocycles. The van der Waals surface area contributed by atoms with Crippen LogP contribution >= 0.6 is 0 Å². The van der Waals surface area contributed by atoms with E-state index in [1.165, 1.54) is 12.8 Å². The zero-order valence-electron chi connectivity index (χ0n) is 10.3. The first-order valence-corrected chi connectivity index (χ1v) is 6.07. The minimum Gasteiger partial charge on any atom is -0.356 e. The first-order valence-electron chi connectivity index (χ1n) is 6.07. The third-order valence-corrected chi connectivity index (χ3v) is 3.01. The molecule has 16 heavy (non-hydrogen) atoms. The van der Waals surface area contributed by atoms with Crippen molar-refractivity contribution in [3.8, 4) is 12.3 Å². The predicted octanol–water partition coefficient (Wildman–Crippen LogP) is 1.10. The summed E-state index contributed by atoms with van der Waals surface area (Å²) >= 11 is 0. The van der Waals surface area contributed by atoms with Crippen molar-refractivity contribution in [2.75, 3.05) is 26.2 Å². The van der Waals surface area contributed by atoms with E-state index in [1.807, 2.05) is 13.8 Å². The van der Waals surface area contributed by atoms with Crippen molar-refractivity contribution in [2.24, 2.45) is 11.8 Å². The molecule has 0 aliphatic carbocycles. The van der Waals surface area contributed by atoms with E-state index >= 15 is 0 Å². The molecular formula is C13H22N2O. The zero-order chi connectivity index (χ0) is 12.0. The number of terminal acetylenes is 1. The summed E-state index contributed by atoms with van der Waals surface area (Å²) in [7, 11) is 0. The molecule has 0 aromatic carbocycles. The first-order chi connectivity index (χ1) is 7.63. The maximum atomic E-state index is 11.4. The van der Waals surface area contributed by atoms with Gasteiger partial charge in [-0.05, 0) is 25.3 Å². The maximum Gasteiger partial charge on any atom is 0.222 e. The zero-order valence-corrected chi connectivity index (χ0v) is 10.3. The molecule has 0 bridgehead atoms. The van der Waals surface area contributed by atoms with Crippen LogP contribution in [0, 0.1) is 24.2 Å². The molecule has 3 nitrogen and oxygen atoms in total. The van der Waals surface area contributed by atoms with Crippen LogP contribution in [0.4, 0.5) is 0 Å². The van der Waals surface area contributed by atoms with Crippen LogP contribution in [-0.2, 0) is 4.79 Å². The number of carbonyl (C=O) groups excluding carboxylic acids is 1. The molecule has 3 heteroatoms. The molecule has 1 rings (SSSR count). The molecule has 1 atom stereocenters. The van der Waals surface area contributed by atoms with Crippen molar-refractivity contribution in [2.45, 2.75) is 26.7 Å². The largest absolute Gasteiger partial charge is 0.356 e. The van der Waals surface area contributed by atoms with E-state index in [1.54, 1.807) is 0 Å². The van der Waals surface area contributed by atoms with Gasteiger partial charge in [0.15, 0.2) is 0 Å². The number of likely N-dealkylation sites (tertiary alicyclic amines) is 1. The van der Waals surface area contributed by atoms with Crippen LogP contribution in [0.1, 0.15) is 26.7 Å². The van der Waals surface area contributed by atoms with Gasteiger partial charge in [-0.25, -0.2) is 0 Å². The summed E-state index contributed by atoms with van der Waals surface area (Å²) in [4.78, 5) is 13.7. The Hall–Kier alpha value is -1.01. The second-order valence-corrected chi connectivity index (χ2v) is 4.85. The summed E-state index contributed by atoms with van der Waals surface area (Å²) in [5.41, 5.74) is 0. The summed E-state index contributed by atoms with van der Waals surface area (Å²) in [6, 6.07) is 0. The van der Waals surface area contributed by atoms with Gasteiger partial charge in [0.05, 0.1) is 6.54 Å². The van der Waals surface area contributed by atoms with E-state index in [0.717, 1.165) is 26.2 Å². The second kappa shape index (κ2) is 6.55. The molecule has 1 amide bonds. The Bertz CT molecular complexity index is 268. The highest BCUT2D eigenvalue weighted by atomic mass is 16.1. The van der Waals surface area contributed by atoms with Gasteiger partial charge < -0.3 is 5.32 Å². The molecule has 1 saturated heterocycles. The van der Waals surface area contributed by atoms with Crippen LogP contribution < -0.4 is 5.32 Å². The highest BCUT2D eigenvalue weighted by Crippen LogP contribution is 2.15. The molecular weight excluding hydrogens is 200 g/mol. The molecule has 0 radical (unpaired) electrons. The third kappa shape index (κ3) is 4.24. The molecule has 90 valence electrons. The molecule has 0 unspecified atom stereocenters. The van der Waals surface area contributed by atoms with Gasteiger partial charge in [-0.1, -0.05) is 19.8 Å². The molecule has 0 spiro atoms. The number of hydrogen-bond donors (Lipinski definition) is 1. The van der Waals surface area contributed by atoms with Crippen molar-refractivity contribution in [3.05, 3.63) is 0 Å². The molecule has 1 fully saturated rings. The number of piperidine rings is 1. The minimum atomic E-state index is 0.0744. The molecule has 0 saturated carbocycles. The number of amides is 1. The van der Waals surface area contributed by atoms with Crippen LogP contribution in [0.2, 0.25) is 0 Å². The van der Waals surface area contributed by atoms with Gasteiger partial charge in [0, 0.05) is 19.0 Å². The number of nitrogens with zero attached hydrogens (tertiary/aromatic N) is 1. The molecule has 1 aliphatic rings.